The van der Waals surface area contributed by atoms with Gasteiger partial charge in [0.15, 0.2) is 11.5 Å². The van der Waals surface area contributed by atoms with Crippen molar-refractivity contribution in [3.63, 3.8) is 0 Å². The molecular formula is C19H24N2O4S. The predicted molar refractivity (Wildman–Crippen MR) is 100 cm³/mol. The Balaban J connectivity index is 1.63. The van der Waals surface area contributed by atoms with E-state index >= 15 is 0 Å². The van der Waals surface area contributed by atoms with Gasteiger partial charge in [-0.1, -0.05) is 24.3 Å². The first-order valence-corrected chi connectivity index (χ1v) is 9.89. The summed E-state index contributed by atoms with van der Waals surface area (Å²) < 4.78 is 37.5. The van der Waals surface area contributed by atoms with Gasteiger partial charge in [0.25, 0.3) is 0 Å². The van der Waals surface area contributed by atoms with Crippen LogP contribution in [0.4, 0.5) is 0 Å². The average molecular weight is 376 g/mol. The van der Waals surface area contributed by atoms with E-state index < -0.39 is 10.0 Å². The van der Waals surface area contributed by atoms with Crippen molar-refractivity contribution in [2.24, 2.45) is 0 Å². The number of hydrogen-bond acceptors (Lipinski definition) is 5. The Labute approximate surface area is 155 Å². The summed E-state index contributed by atoms with van der Waals surface area (Å²) >= 11 is 0. The highest BCUT2D eigenvalue weighted by Gasteiger charge is 2.22. The average Bonchev–Trinajstić information content (AvgIpc) is 2.61. The Morgan fingerprint density at radius 2 is 1.77 bits per heavy atom. The summed E-state index contributed by atoms with van der Waals surface area (Å²) in [7, 11) is 1.63. The van der Waals surface area contributed by atoms with Gasteiger partial charge < -0.3 is 9.47 Å². The molecule has 1 heterocycles. The Morgan fingerprint density at radius 1 is 1.04 bits per heavy atom. The van der Waals surface area contributed by atoms with Gasteiger partial charge in [-0.25, -0.2) is 12.7 Å². The molecule has 0 saturated carbocycles. The van der Waals surface area contributed by atoms with Crippen LogP contribution in [-0.4, -0.2) is 58.0 Å². The van der Waals surface area contributed by atoms with Crippen LogP contribution >= 0.6 is 0 Å². The molecule has 0 N–H and O–H groups in total. The summed E-state index contributed by atoms with van der Waals surface area (Å²) in [5.74, 6) is 1.53. The molecule has 3 rings (SSSR count). The molecule has 0 bridgehead atoms. The Hall–Kier alpha value is -2.09. The van der Waals surface area contributed by atoms with E-state index in [0.29, 0.717) is 24.6 Å². The van der Waals surface area contributed by atoms with Crippen LogP contribution < -0.4 is 9.47 Å². The molecule has 0 amide bonds. The van der Waals surface area contributed by atoms with Crippen LogP contribution in [0.15, 0.2) is 53.4 Å². The maximum atomic E-state index is 12.3. The molecule has 1 unspecified atom stereocenters. The largest absolute Gasteiger partial charge is 0.486 e. The molecule has 0 radical (unpaired) electrons. The van der Waals surface area contributed by atoms with Crippen LogP contribution in [0.1, 0.15) is 5.56 Å². The monoisotopic (exact) mass is 376 g/mol. The molecule has 1 aliphatic heterocycles. The lowest BCUT2D eigenvalue weighted by Gasteiger charge is -2.29. The summed E-state index contributed by atoms with van der Waals surface area (Å²) in [6.07, 6.45) is -0.0661. The van der Waals surface area contributed by atoms with Crippen molar-refractivity contribution in [2.45, 2.75) is 17.5 Å². The molecule has 1 aliphatic rings. The lowest BCUT2D eigenvalue weighted by molar-refractivity contribution is 0.0638. The Morgan fingerprint density at radius 3 is 2.50 bits per heavy atom. The van der Waals surface area contributed by atoms with E-state index in [1.54, 1.807) is 18.2 Å². The van der Waals surface area contributed by atoms with Crippen LogP contribution in [0.3, 0.4) is 0 Å². The van der Waals surface area contributed by atoms with Crippen LogP contribution in [0.2, 0.25) is 0 Å². The highest BCUT2D eigenvalue weighted by Crippen LogP contribution is 2.31. The first-order valence-electron chi connectivity index (χ1n) is 8.45. The van der Waals surface area contributed by atoms with Gasteiger partial charge in [0.05, 0.1) is 4.90 Å². The van der Waals surface area contributed by atoms with Crippen molar-refractivity contribution >= 4 is 10.0 Å². The topological polar surface area (TPSA) is 59.1 Å². The van der Waals surface area contributed by atoms with Gasteiger partial charge in [0, 0.05) is 27.2 Å². The van der Waals surface area contributed by atoms with E-state index in [-0.39, 0.29) is 6.10 Å². The summed E-state index contributed by atoms with van der Waals surface area (Å²) in [5.41, 5.74) is 0.938. The fourth-order valence-corrected chi connectivity index (χ4v) is 3.86. The molecule has 26 heavy (non-hydrogen) atoms. The Bertz CT molecular complexity index is 867. The molecule has 0 aromatic heterocycles. The van der Waals surface area contributed by atoms with E-state index in [0.717, 1.165) is 17.1 Å². The zero-order valence-electron chi connectivity index (χ0n) is 15.3. The smallest absolute Gasteiger partial charge is 0.242 e. The van der Waals surface area contributed by atoms with E-state index in [2.05, 4.69) is 4.90 Å². The van der Waals surface area contributed by atoms with Crippen molar-refractivity contribution in [1.29, 1.82) is 0 Å². The molecule has 6 nitrogen and oxygen atoms in total. The summed E-state index contributed by atoms with van der Waals surface area (Å²) in [6.45, 7) is 1.80. The van der Waals surface area contributed by atoms with Gasteiger partial charge in [-0.15, -0.1) is 0 Å². The molecular weight excluding hydrogens is 352 g/mol. The van der Waals surface area contributed by atoms with Gasteiger partial charge in [0.2, 0.25) is 10.0 Å². The van der Waals surface area contributed by atoms with Crippen molar-refractivity contribution in [3.8, 4) is 11.5 Å². The van der Waals surface area contributed by atoms with Crippen molar-refractivity contribution < 1.29 is 17.9 Å². The molecule has 0 aliphatic carbocycles. The minimum atomic E-state index is -3.43. The van der Waals surface area contributed by atoms with Gasteiger partial charge in [-0.2, -0.15) is 0 Å². The van der Waals surface area contributed by atoms with Gasteiger partial charge >= 0.3 is 0 Å². The fraction of sp³-hybridized carbons (Fsp3) is 0.368. The lowest BCUT2D eigenvalue weighted by Crippen LogP contribution is -2.39. The summed E-state index contributed by atoms with van der Waals surface area (Å²) in [4.78, 5) is 2.41. The van der Waals surface area contributed by atoms with E-state index in [1.165, 1.54) is 18.4 Å². The Kier molecular flexibility index (Phi) is 5.50. The second kappa shape index (κ2) is 7.65. The number of likely N-dealkylation sites (N-methyl/N-ethyl adjacent to an activating group) is 1. The normalized spacial score (nSPS) is 16.9. The second-order valence-electron chi connectivity index (χ2n) is 6.63. The van der Waals surface area contributed by atoms with E-state index in [1.807, 2.05) is 37.4 Å². The number of benzene rings is 2. The lowest BCUT2D eigenvalue weighted by atomic mass is 10.2. The first kappa shape index (κ1) is 18.7. The van der Waals surface area contributed by atoms with Crippen molar-refractivity contribution in [1.82, 2.24) is 9.21 Å². The maximum Gasteiger partial charge on any atom is 0.242 e. The SMILES string of the molecule is CN(Cc1cccc(S(=O)(=O)N(C)C)c1)CC1COc2ccccc2O1. The zero-order chi connectivity index (χ0) is 18.7. The molecule has 0 spiro atoms. The predicted octanol–water partition coefficient (Wildman–Crippen LogP) is 2.21. The third-order valence-corrected chi connectivity index (χ3v) is 6.02. The maximum absolute atomic E-state index is 12.3. The fourth-order valence-electron chi connectivity index (χ4n) is 2.89. The number of rotatable bonds is 6. The van der Waals surface area contributed by atoms with Crippen LogP contribution in [0.5, 0.6) is 11.5 Å². The molecule has 7 heteroatoms. The van der Waals surface area contributed by atoms with E-state index in [4.69, 9.17) is 9.47 Å². The minimum Gasteiger partial charge on any atom is -0.486 e. The zero-order valence-corrected chi connectivity index (χ0v) is 16.1. The number of fused-ring (bicyclic) bond motifs is 1. The molecule has 2 aromatic carbocycles. The molecule has 0 saturated heterocycles. The molecule has 140 valence electrons. The molecule has 0 fully saturated rings. The third-order valence-electron chi connectivity index (χ3n) is 4.21. The van der Waals surface area contributed by atoms with Gasteiger partial charge in [-0.3, -0.25) is 4.90 Å². The van der Waals surface area contributed by atoms with Crippen molar-refractivity contribution in [3.05, 3.63) is 54.1 Å². The van der Waals surface area contributed by atoms with Gasteiger partial charge in [-0.05, 0) is 36.9 Å². The number of nitrogens with zero attached hydrogens (tertiary/aromatic N) is 2. The summed E-state index contributed by atoms with van der Waals surface area (Å²) in [5, 5.41) is 0. The number of ether oxygens (including phenoxy) is 2. The molecule has 2 aromatic rings. The summed E-state index contributed by atoms with van der Waals surface area (Å²) in [6, 6.07) is 14.7. The highest BCUT2D eigenvalue weighted by atomic mass is 32.2. The van der Waals surface area contributed by atoms with Crippen LogP contribution in [0, 0.1) is 0 Å². The highest BCUT2D eigenvalue weighted by molar-refractivity contribution is 7.89. The van der Waals surface area contributed by atoms with Crippen molar-refractivity contribution in [2.75, 3.05) is 34.3 Å². The van der Waals surface area contributed by atoms with Crippen LogP contribution in [0.25, 0.3) is 0 Å². The number of sulfonamides is 1. The molecule has 1 atom stereocenters. The quantitative estimate of drug-likeness (QED) is 0.774. The minimum absolute atomic E-state index is 0.0661. The second-order valence-corrected chi connectivity index (χ2v) is 8.78. The van der Waals surface area contributed by atoms with Crippen LogP contribution in [-0.2, 0) is 16.6 Å². The number of hydrogen-bond donors (Lipinski definition) is 0. The first-order chi connectivity index (χ1) is 12.4. The number of para-hydroxylation sites is 2. The standard InChI is InChI=1S/C19H24N2O4S/c1-20(2)26(22,23)17-8-6-7-15(11-17)12-21(3)13-16-14-24-18-9-4-5-10-19(18)25-16/h4-11,16H,12-14H2,1-3H3. The third kappa shape index (κ3) is 4.17. The van der Waals surface area contributed by atoms with E-state index in [9.17, 15) is 8.42 Å². The van der Waals surface area contributed by atoms with Gasteiger partial charge in [0.1, 0.15) is 12.7 Å².